The lowest BCUT2D eigenvalue weighted by molar-refractivity contribution is 0.0162. The molecule has 32 heavy (non-hydrogen) atoms. The third-order valence-corrected chi connectivity index (χ3v) is 5.30. The Kier molecular flexibility index (Phi) is 6.94. The molecule has 1 aromatic heterocycles. The fraction of sp³-hybridized carbons (Fsp3) is 0.250. The van der Waals surface area contributed by atoms with Crippen molar-refractivity contribution >= 4 is 17.5 Å². The number of hydrogen-bond donors (Lipinski definition) is 2. The highest BCUT2D eigenvalue weighted by molar-refractivity contribution is 6.03. The van der Waals surface area contributed by atoms with Gasteiger partial charge in [0.05, 0.1) is 25.5 Å². The molecule has 4 rings (SSSR count). The van der Waals surface area contributed by atoms with Gasteiger partial charge < -0.3 is 19.8 Å². The van der Waals surface area contributed by atoms with Gasteiger partial charge in [0.15, 0.2) is 5.76 Å². The van der Waals surface area contributed by atoms with Gasteiger partial charge in [-0.15, -0.1) is 0 Å². The Labute approximate surface area is 185 Å². The Bertz CT molecular complexity index is 1060. The van der Waals surface area contributed by atoms with Crippen LogP contribution in [0.1, 0.15) is 32.5 Å². The molecule has 166 valence electrons. The summed E-state index contributed by atoms with van der Waals surface area (Å²) in [6.07, 6.45) is 1.42. The summed E-state index contributed by atoms with van der Waals surface area (Å²) in [5, 5.41) is 5.66. The van der Waals surface area contributed by atoms with E-state index in [0.29, 0.717) is 44.1 Å². The summed E-state index contributed by atoms with van der Waals surface area (Å²) in [4.78, 5) is 27.2. The first-order chi connectivity index (χ1) is 15.6. The molecule has 8 heteroatoms. The average molecular weight is 437 g/mol. The second-order valence-electron chi connectivity index (χ2n) is 7.44. The number of benzene rings is 2. The van der Waals surface area contributed by atoms with E-state index in [1.54, 1.807) is 42.5 Å². The van der Waals surface area contributed by atoms with Crippen molar-refractivity contribution in [3.05, 3.63) is 89.6 Å². The number of rotatable bonds is 7. The molecular formula is C24H24FN3O4. The largest absolute Gasteiger partial charge is 0.459 e. The molecule has 2 N–H and O–H groups in total. The summed E-state index contributed by atoms with van der Waals surface area (Å²) in [5.74, 6) is -0.810. The van der Waals surface area contributed by atoms with Crippen LogP contribution in [0, 0.1) is 5.82 Å². The fourth-order valence-electron chi connectivity index (χ4n) is 3.69. The van der Waals surface area contributed by atoms with E-state index in [2.05, 4.69) is 15.5 Å². The Hall–Kier alpha value is -3.49. The summed E-state index contributed by atoms with van der Waals surface area (Å²) in [6, 6.07) is 16.1. The van der Waals surface area contributed by atoms with Crippen LogP contribution < -0.4 is 10.6 Å². The van der Waals surface area contributed by atoms with Gasteiger partial charge in [-0.25, -0.2) is 4.39 Å². The van der Waals surface area contributed by atoms with Crippen LogP contribution in [-0.2, 0) is 4.74 Å². The van der Waals surface area contributed by atoms with Gasteiger partial charge in [-0.1, -0.05) is 18.2 Å². The number of furan rings is 1. The molecule has 1 atom stereocenters. The molecule has 0 radical (unpaired) electrons. The number of halogens is 1. The van der Waals surface area contributed by atoms with Crippen molar-refractivity contribution in [2.45, 2.75) is 6.04 Å². The fourth-order valence-corrected chi connectivity index (χ4v) is 3.69. The molecule has 1 fully saturated rings. The van der Waals surface area contributed by atoms with Crippen molar-refractivity contribution in [1.29, 1.82) is 0 Å². The Morgan fingerprint density at radius 1 is 1.00 bits per heavy atom. The van der Waals surface area contributed by atoms with E-state index in [1.165, 1.54) is 18.4 Å². The number of ether oxygens (including phenoxy) is 1. The third kappa shape index (κ3) is 5.40. The van der Waals surface area contributed by atoms with E-state index >= 15 is 0 Å². The maximum absolute atomic E-state index is 13.8. The van der Waals surface area contributed by atoms with Crippen molar-refractivity contribution in [2.75, 3.05) is 38.2 Å². The van der Waals surface area contributed by atoms with Crippen LogP contribution in [0.4, 0.5) is 10.1 Å². The van der Waals surface area contributed by atoms with Crippen molar-refractivity contribution in [3.8, 4) is 0 Å². The molecule has 0 aliphatic carbocycles. The van der Waals surface area contributed by atoms with E-state index in [1.807, 2.05) is 6.07 Å². The van der Waals surface area contributed by atoms with Crippen molar-refractivity contribution in [3.63, 3.8) is 0 Å². The van der Waals surface area contributed by atoms with E-state index in [4.69, 9.17) is 9.15 Å². The van der Waals surface area contributed by atoms with E-state index in [-0.39, 0.29) is 23.5 Å². The molecule has 0 bridgehead atoms. The first-order valence-electron chi connectivity index (χ1n) is 10.4. The van der Waals surface area contributed by atoms with E-state index in [0.717, 1.165) is 5.56 Å². The third-order valence-electron chi connectivity index (χ3n) is 5.30. The maximum atomic E-state index is 13.8. The van der Waals surface area contributed by atoms with Crippen LogP contribution in [-0.4, -0.2) is 49.6 Å². The zero-order valence-electron chi connectivity index (χ0n) is 17.4. The predicted octanol–water partition coefficient (Wildman–Crippen LogP) is 3.47. The second-order valence-corrected chi connectivity index (χ2v) is 7.44. The number of hydrogen-bond acceptors (Lipinski definition) is 5. The minimum atomic E-state index is -0.397. The quantitative estimate of drug-likeness (QED) is 0.591. The maximum Gasteiger partial charge on any atom is 0.291 e. The van der Waals surface area contributed by atoms with Crippen LogP contribution in [0.15, 0.2) is 71.3 Å². The summed E-state index contributed by atoms with van der Waals surface area (Å²) in [7, 11) is 0. The first-order valence-corrected chi connectivity index (χ1v) is 10.4. The molecular weight excluding hydrogens is 413 g/mol. The van der Waals surface area contributed by atoms with Gasteiger partial charge in [0.2, 0.25) is 0 Å². The summed E-state index contributed by atoms with van der Waals surface area (Å²) >= 11 is 0. The number of nitrogens with one attached hydrogen (secondary N) is 2. The van der Waals surface area contributed by atoms with Gasteiger partial charge in [-0.05, 0) is 48.0 Å². The number of nitrogens with zero attached hydrogens (tertiary/aromatic N) is 1. The minimum Gasteiger partial charge on any atom is -0.459 e. The lowest BCUT2D eigenvalue weighted by Crippen LogP contribution is -2.43. The zero-order valence-corrected chi connectivity index (χ0v) is 17.4. The van der Waals surface area contributed by atoms with Gasteiger partial charge in [0.25, 0.3) is 11.8 Å². The van der Waals surface area contributed by atoms with Crippen LogP contribution in [0.5, 0.6) is 0 Å². The van der Waals surface area contributed by atoms with E-state index < -0.39 is 5.91 Å². The van der Waals surface area contributed by atoms with Crippen molar-refractivity contribution in [1.82, 2.24) is 10.2 Å². The molecule has 1 aliphatic rings. The molecule has 2 amide bonds. The minimum absolute atomic E-state index is 0.180. The Morgan fingerprint density at radius 3 is 2.56 bits per heavy atom. The SMILES string of the molecule is O=C(NCC(c1cccc(F)c1)N1CCOCC1)c1cccc(NC(=O)c2ccco2)c1. The Balaban J connectivity index is 1.44. The summed E-state index contributed by atoms with van der Waals surface area (Å²) in [6.45, 7) is 2.90. The molecule has 1 aliphatic heterocycles. The zero-order chi connectivity index (χ0) is 22.3. The van der Waals surface area contributed by atoms with Gasteiger partial charge in [-0.3, -0.25) is 14.5 Å². The van der Waals surface area contributed by atoms with Crippen LogP contribution in [0.2, 0.25) is 0 Å². The number of carbonyl (C=O) groups excluding carboxylic acids is 2. The molecule has 7 nitrogen and oxygen atoms in total. The normalized spacial score (nSPS) is 15.2. The van der Waals surface area contributed by atoms with E-state index in [9.17, 15) is 14.0 Å². The highest BCUT2D eigenvalue weighted by Gasteiger charge is 2.24. The first kappa shape index (κ1) is 21.7. The molecule has 1 saturated heterocycles. The molecule has 2 aromatic carbocycles. The highest BCUT2D eigenvalue weighted by atomic mass is 19.1. The monoisotopic (exact) mass is 437 g/mol. The summed E-state index contributed by atoms with van der Waals surface area (Å²) < 4.78 is 24.4. The van der Waals surface area contributed by atoms with Gasteiger partial charge >= 0.3 is 0 Å². The highest BCUT2D eigenvalue weighted by Crippen LogP contribution is 2.22. The molecule has 0 saturated carbocycles. The molecule has 1 unspecified atom stereocenters. The predicted molar refractivity (Wildman–Crippen MR) is 117 cm³/mol. The topological polar surface area (TPSA) is 83.8 Å². The van der Waals surface area contributed by atoms with Crippen molar-refractivity contribution in [2.24, 2.45) is 0 Å². The van der Waals surface area contributed by atoms with Crippen LogP contribution in [0.3, 0.4) is 0 Å². The lowest BCUT2D eigenvalue weighted by atomic mass is 10.0. The van der Waals surface area contributed by atoms with Gasteiger partial charge in [-0.2, -0.15) is 0 Å². The van der Waals surface area contributed by atoms with Gasteiger partial charge in [0.1, 0.15) is 5.82 Å². The number of amides is 2. The average Bonchev–Trinajstić information content (AvgIpc) is 3.35. The lowest BCUT2D eigenvalue weighted by Gasteiger charge is -2.35. The Morgan fingerprint density at radius 2 is 1.81 bits per heavy atom. The van der Waals surface area contributed by atoms with Crippen LogP contribution in [0.25, 0.3) is 0 Å². The molecule has 2 heterocycles. The number of morpholine rings is 1. The summed E-state index contributed by atoms with van der Waals surface area (Å²) in [5.41, 5.74) is 1.68. The smallest absolute Gasteiger partial charge is 0.291 e. The molecule has 0 spiro atoms. The van der Waals surface area contributed by atoms with Crippen LogP contribution >= 0.6 is 0 Å². The number of carbonyl (C=O) groups is 2. The number of anilines is 1. The standard InChI is InChI=1S/C24H24FN3O4/c25-19-6-1-4-17(14-19)21(28-9-12-31-13-10-28)16-26-23(29)18-5-2-7-20(15-18)27-24(30)22-8-3-11-32-22/h1-8,11,14-15,21H,9-10,12-13,16H2,(H,26,29)(H,27,30). The second kappa shape index (κ2) is 10.2. The van der Waals surface area contributed by atoms with Gasteiger partial charge in [0, 0.05) is 30.9 Å². The van der Waals surface area contributed by atoms with Crippen molar-refractivity contribution < 1.29 is 23.1 Å². The molecule has 3 aromatic rings.